The quantitative estimate of drug-likeness (QED) is 0.438. The van der Waals surface area contributed by atoms with Gasteiger partial charge in [-0.15, -0.1) is 0 Å². The highest BCUT2D eigenvalue weighted by Crippen LogP contribution is 2.35. The van der Waals surface area contributed by atoms with E-state index in [1.807, 2.05) is 13.8 Å². The van der Waals surface area contributed by atoms with E-state index in [1.54, 1.807) is 18.4 Å². The highest BCUT2D eigenvalue weighted by Gasteiger charge is 2.39. The number of nitrogens with one attached hydrogen (secondary N) is 1. The summed E-state index contributed by atoms with van der Waals surface area (Å²) in [5.41, 5.74) is 12.4. The molecule has 3 aliphatic rings. The molecule has 3 heterocycles. The molecule has 0 spiro atoms. The molecule has 0 amide bonds. The van der Waals surface area contributed by atoms with Gasteiger partial charge in [-0.25, -0.2) is 0 Å². The van der Waals surface area contributed by atoms with Gasteiger partial charge in [0.2, 0.25) is 0 Å². The van der Waals surface area contributed by atoms with Crippen LogP contribution in [0.1, 0.15) is 23.2 Å². The number of rotatable bonds is 7. The predicted octanol–water partition coefficient (Wildman–Crippen LogP) is 0.265. The fourth-order valence-electron chi connectivity index (χ4n) is 4.09. The molecule has 166 valence electrons. The first-order valence-electron chi connectivity index (χ1n) is 10.1. The zero-order valence-corrected chi connectivity index (χ0v) is 18.6. The third-order valence-corrected chi connectivity index (χ3v) is 6.43. The van der Waals surface area contributed by atoms with E-state index in [2.05, 4.69) is 19.8 Å². The maximum absolute atomic E-state index is 9.50. The van der Waals surface area contributed by atoms with Gasteiger partial charge < -0.3 is 26.0 Å². The fourth-order valence-corrected chi connectivity index (χ4v) is 4.87. The molecule has 11 heteroatoms. The van der Waals surface area contributed by atoms with Crippen molar-refractivity contribution in [3.63, 3.8) is 0 Å². The zero-order chi connectivity index (χ0) is 22.1. The van der Waals surface area contributed by atoms with E-state index < -0.39 is 6.04 Å². The van der Waals surface area contributed by atoms with Crippen LogP contribution in [-0.2, 0) is 6.54 Å². The van der Waals surface area contributed by atoms with E-state index in [0.717, 1.165) is 39.4 Å². The van der Waals surface area contributed by atoms with E-state index in [0.29, 0.717) is 30.3 Å². The number of ether oxygens (including phenoxy) is 1. The molecule has 0 radical (unpaired) electrons. The molecule has 1 unspecified atom stereocenters. The summed E-state index contributed by atoms with van der Waals surface area (Å²) in [6.45, 7) is 3.99. The molecule has 5 N–H and O–H groups in total. The summed E-state index contributed by atoms with van der Waals surface area (Å²) in [6, 6.07) is -0.482. The summed E-state index contributed by atoms with van der Waals surface area (Å²) in [5, 5.41) is 33.4. The Kier molecular flexibility index (Phi) is 6.28. The van der Waals surface area contributed by atoms with Gasteiger partial charge in [-0.1, -0.05) is 0 Å². The Bertz CT molecular complexity index is 1000. The van der Waals surface area contributed by atoms with Crippen molar-refractivity contribution in [1.29, 1.82) is 0 Å². The van der Waals surface area contributed by atoms with Crippen LogP contribution in [0.25, 0.3) is 0 Å². The third-order valence-electron chi connectivity index (χ3n) is 5.66. The fraction of sp³-hybridized carbons (Fsp3) is 0.500. The van der Waals surface area contributed by atoms with Crippen LogP contribution in [0.3, 0.4) is 0 Å². The molecule has 1 aromatic heterocycles. The van der Waals surface area contributed by atoms with Gasteiger partial charge in [0, 0.05) is 41.1 Å². The largest absolute Gasteiger partial charge is 0.496 e. The third kappa shape index (κ3) is 4.05. The number of aliphatic hydroxyl groups is 2. The molecule has 4 rings (SSSR count). The van der Waals surface area contributed by atoms with Gasteiger partial charge in [0.15, 0.2) is 5.84 Å². The summed E-state index contributed by atoms with van der Waals surface area (Å²) in [4.78, 5) is 4.55. The van der Waals surface area contributed by atoms with Gasteiger partial charge in [-0.2, -0.15) is 19.7 Å². The van der Waals surface area contributed by atoms with Crippen LogP contribution < -0.4 is 15.8 Å². The number of nitrogens with two attached hydrogens (primary N) is 1. The average molecular weight is 446 g/mol. The van der Waals surface area contributed by atoms with Crippen molar-refractivity contribution >= 4 is 29.2 Å². The van der Waals surface area contributed by atoms with Crippen LogP contribution in [-0.4, -0.2) is 75.7 Å². The van der Waals surface area contributed by atoms with E-state index in [1.165, 1.54) is 11.9 Å². The number of hydrogen-bond donors (Lipinski definition) is 4. The van der Waals surface area contributed by atoms with Gasteiger partial charge in [-0.3, -0.25) is 4.98 Å². The number of amidine groups is 1. The Morgan fingerprint density at radius 1 is 1.32 bits per heavy atom. The maximum Gasteiger partial charge on any atom is 0.160 e. The Labute approximate surface area is 185 Å². The maximum atomic E-state index is 9.50. The van der Waals surface area contributed by atoms with Gasteiger partial charge in [0.25, 0.3) is 0 Å². The number of aryl methyl sites for hydroxylation is 1. The molecule has 1 atom stereocenters. The molecule has 0 saturated heterocycles. The number of aromatic nitrogens is 1. The first-order chi connectivity index (χ1) is 15.0. The standard InChI is InChI=1S/C20H27N7O3S/c1-10-5-22-16(11(2)19(10)30-3)6-27-24-15-4-14(23-12(7-28)8-29)13-9-31-26-20(21)18(25-27)17(13)15/h5,12,14,23,28-29H,4,6-9H2,1-3H3,(H2,21,26). The Morgan fingerprint density at radius 2 is 2.10 bits per heavy atom. The second kappa shape index (κ2) is 8.95. The molecule has 10 nitrogen and oxygen atoms in total. The highest BCUT2D eigenvalue weighted by atomic mass is 32.2. The summed E-state index contributed by atoms with van der Waals surface area (Å²) in [6.07, 6.45) is 2.40. The first kappa shape index (κ1) is 21.8. The molecular formula is C20H27N7O3S. The smallest absolute Gasteiger partial charge is 0.160 e. The van der Waals surface area contributed by atoms with Crippen molar-refractivity contribution in [1.82, 2.24) is 15.4 Å². The molecular weight excluding hydrogens is 418 g/mol. The number of nitrogens with zero attached hydrogens (tertiary/aromatic N) is 5. The number of pyridine rings is 1. The number of aliphatic hydroxyl groups excluding tert-OH is 2. The summed E-state index contributed by atoms with van der Waals surface area (Å²) in [5.74, 6) is 1.81. The Morgan fingerprint density at radius 3 is 2.81 bits per heavy atom. The average Bonchev–Trinajstić information content (AvgIpc) is 3.00. The first-order valence-corrected chi connectivity index (χ1v) is 11.0. The molecule has 2 aliphatic heterocycles. The Hall–Kier alpha value is -2.47. The minimum atomic E-state index is -0.409. The van der Waals surface area contributed by atoms with Crippen molar-refractivity contribution in [2.45, 2.75) is 38.9 Å². The van der Waals surface area contributed by atoms with Crippen molar-refractivity contribution in [2.24, 2.45) is 20.3 Å². The van der Waals surface area contributed by atoms with Crippen LogP contribution in [0, 0.1) is 13.8 Å². The van der Waals surface area contributed by atoms with Gasteiger partial charge >= 0.3 is 0 Å². The van der Waals surface area contributed by atoms with Crippen molar-refractivity contribution in [3.8, 4) is 5.75 Å². The van der Waals surface area contributed by atoms with Crippen molar-refractivity contribution in [3.05, 3.63) is 34.2 Å². The highest BCUT2D eigenvalue weighted by molar-refractivity contribution is 7.98. The minimum Gasteiger partial charge on any atom is -0.496 e. The second-order valence-electron chi connectivity index (χ2n) is 7.71. The van der Waals surface area contributed by atoms with Crippen LogP contribution >= 0.6 is 11.9 Å². The molecule has 0 fully saturated rings. The topological polar surface area (TPSA) is 141 Å². The lowest BCUT2D eigenvalue weighted by molar-refractivity contribution is 0.166. The predicted molar refractivity (Wildman–Crippen MR) is 121 cm³/mol. The molecule has 0 saturated carbocycles. The summed E-state index contributed by atoms with van der Waals surface area (Å²) < 4.78 is 9.89. The molecule has 0 aromatic carbocycles. The van der Waals surface area contributed by atoms with E-state index >= 15 is 0 Å². The molecule has 1 aliphatic carbocycles. The zero-order valence-electron chi connectivity index (χ0n) is 17.8. The number of hydrazone groups is 2. The summed E-state index contributed by atoms with van der Waals surface area (Å²) in [7, 11) is 1.65. The SMILES string of the molecule is COc1c(C)cnc(CN2N=C3CC(NC(CO)CO)C4=C3C(=N2)C(N)=NSC4)c1C. The second-order valence-corrected chi connectivity index (χ2v) is 8.44. The lowest BCUT2D eigenvalue weighted by Crippen LogP contribution is -2.43. The van der Waals surface area contributed by atoms with Gasteiger partial charge in [0.1, 0.15) is 18.0 Å². The normalized spacial score (nSPS) is 20.4. The van der Waals surface area contributed by atoms with Gasteiger partial charge in [-0.05, 0) is 31.4 Å². The molecule has 31 heavy (non-hydrogen) atoms. The molecule has 1 aromatic rings. The lowest BCUT2D eigenvalue weighted by Gasteiger charge is -2.23. The number of hydrogen-bond acceptors (Lipinski definition) is 11. The van der Waals surface area contributed by atoms with E-state index in [9.17, 15) is 10.2 Å². The van der Waals surface area contributed by atoms with E-state index in [4.69, 9.17) is 15.6 Å². The minimum absolute atomic E-state index is 0.0730. The lowest BCUT2D eigenvalue weighted by atomic mass is 10.0. The van der Waals surface area contributed by atoms with Crippen molar-refractivity contribution in [2.75, 3.05) is 26.1 Å². The van der Waals surface area contributed by atoms with Gasteiger partial charge in [0.05, 0.1) is 37.8 Å². The summed E-state index contributed by atoms with van der Waals surface area (Å²) >= 11 is 1.37. The van der Waals surface area contributed by atoms with Crippen molar-refractivity contribution < 1.29 is 14.9 Å². The number of methoxy groups -OCH3 is 1. The van der Waals surface area contributed by atoms with E-state index in [-0.39, 0.29) is 19.3 Å². The van der Waals surface area contributed by atoms with Crippen LogP contribution in [0.15, 0.2) is 31.9 Å². The van der Waals surface area contributed by atoms with Crippen LogP contribution in [0.4, 0.5) is 0 Å². The Balaban J connectivity index is 1.67. The van der Waals surface area contributed by atoms with Crippen LogP contribution in [0.5, 0.6) is 5.75 Å². The van der Waals surface area contributed by atoms with Crippen LogP contribution in [0.2, 0.25) is 0 Å². The molecule has 0 bridgehead atoms. The monoisotopic (exact) mass is 445 g/mol.